The smallest absolute Gasteiger partial charge is 0.338 e. The number of benzene rings is 1. The van der Waals surface area contributed by atoms with E-state index in [2.05, 4.69) is 15.5 Å². The number of nitrogens with zero attached hydrogens (tertiary/aromatic N) is 4. The van der Waals surface area contributed by atoms with Gasteiger partial charge >= 0.3 is 5.97 Å². The number of esters is 1. The summed E-state index contributed by atoms with van der Waals surface area (Å²) in [4.78, 5) is 24.8. The quantitative estimate of drug-likeness (QED) is 0.622. The van der Waals surface area contributed by atoms with E-state index in [0.29, 0.717) is 40.8 Å². The predicted octanol–water partition coefficient (Wildman–Crippen LogP) is 3.46. The summed E-state index contributed by atoms with van der Waals surface area (Å²) in [7, 11) is 1.35. The molecule has 1 N–H and O–H groups in total. The molecular formula is C20H22ClN5O3. The minimum absolute atomic E-state index is 0.291. The maximum atomic E-state index is 12.8. The highest BCUT2D eigenvalue weighted by Gasteiger charge is 2.21. The van der Waals surface area contributed by atoms with Gasteiger partial charge in [0.25, 0.3) is 5.91 Å². The van der Waals surface area contributed by atoms with Crippen molar-refractivity contribution in [2.75, 3.05) is 12.4 Å². The van der Waals surface area contributed by atoms with Crippen molar-refractivity contribution in [3.8, 4) is 0 Å². The molecule has 8 nitrogen and oxygen atoms in total. The average Bonchev–Trinajstić information content (AvgIpc) is 3.22. The molecule has 0 saturated carbocycles. The van der Waals surface area contributed by atoms with Crippen LogP contribution in [0.1, 0.15) is 44.7 Å². The Morgan fingerprint density at radius 3 is 2.62 bits per heavy atom. The first-order chi connectivity index (χ1) is 13.9. The number of methoxy groups -OCH3 is 1. The summed E-state index contributed by atoms with van der Waals surface area (Å²) in [5.41, 5.74) is 3.57. The van der Waals surface area contributed by atoms with E-state index >= 15 is 0 Å². The van der Waals surface area contributed by atoms with Crippen LogP contribution >= 0.6 is 11.6 Å². The number of aryl methyl sites for hydroxylation is 2. The van der Waals surface area contributed by atoms with Gasteiger partial charge in [-0.15, -0.1) is 0 Å². The van der Waals surface area contributed by atoms with Crippen LogP contribution in [0.4, 0.5) is 5.69 Å². The van der Waals surface area contributed by atoms with E-state index in [9.17, 15) is 9.59 Å². The number of carbonyl (C=O) groups is 2. The van der Waals surface area contributed by atoms with E-state index in [0.717, 1.165) is 11.3 Å². The first kappa shape index (κ1) is 20.6. The number of amides is 1. The molecule has 1 aromatic carbocycles. The fraction of sp³-hybridized carbons (Fsp3) is 0.300. The second kappa shape index (κ2) is 8.48. The highest BCUT2D eigenvalue weighted by Crippen LogP contribution is 2.24. The van der Waals surface area contributed by atoms with Crippen molar-refractivity contribution in [3.63, 3.8) is 0 Å². The fourth-order valence-corrected chi connectivity index (χ4v) is 3.39. The van der Waals surface area contributed by atoms with E-state index in [1.807, 2.05) is 32.9 Å². The zero-order chi connectivity index (χ0) is 21.1. The molecule has 9 heteroatoms. The average molecular weight is 416 g/mol. The molecule has 0 atom stereocenters. The van der Waals surface area contributed by atoms with Crippen molar-refractivity contribution in [2.45, 2.75) is 33.9 Å². The third kappa shape index (κ3) is 4.02. The Labute approximate surface area is 173 Å². The molecule has 3 rings (SSSR count). The lowest BCUT2D eigenvalue weighted by atomic mass is 10.1. The second-order valence-electron chi connectivity index (χ2n) is 6.46. The molecule has 0 aliphatic carbocycles. The molecule has 0 aliphatic heterocycles. The second-order valence-corrected chi connectivity index (χ2v) is 6.87. The highest BCUT2D eigenvalue weighted by atomic mass is 35.5. The van der Waals surface area contributed by atoms with Gasteiger partial charge in [0.05, 0.1) is 47.5 Å². The van der Waals surface area contributed by atoms with Gasteiger partial charge in [0, 0.05) is 6.54 Å². The number of nitrogens with one attached hydrogen (secondary N) is 1. The zero-order valence-corrected chi connectivity index (χ0v) is 17.4. The first-order valence-electron chi connectivity index (χ1n) is 9.10. The summed E-state index contributed by atoms with van der Waals surface area (Å²) in [6, 6.07) is 7.19. The first-order valence-corrected chi connectivity index (χ1v) is 9.48. The Hall–Kier alpha value is -3.13. The number of ether oxygens (including phenoxy) is 1. The minimum Gasteiger partial charge on any atom is -0.465 e. The maximum Gasteiger partial charge on any atom is 0.338 e. The number of carbonyl (C=O) groups excluding carboxylic acids is 2. The van der Waals surface area contributed by atoms with Gasteiger partial charge in [-0.25, -0.2) is 4.79 Å². The molecule has 0 radical (unpaired) electrons. The molecule has 152 valence electrons. The van der Waals surface area contributed by atoms with Crippen molar-refractivity contribution in [1.82, 2.24) is 19.6 Å². The van der Waals surface area contributed by atoms with Gasteiger partial charge in [-0.05, 0) is 32.4 Å². The normalized spacial score (nSPS) is 10.8. The molecule has 2 heterocycles. The van der Waals surface area contributed by atoms with Gasteiger partial charge in [-0.1, -0.05) is 29.8 Å². The van der Waals surface area contributed by atoms with Crippen LogP contribution in [-0.2, 0) is 17.8 Å². The highest BCUT2D eigenvalue weighted by molar-refractivity contribution is 6.34. The summed E-state index contributed by atoms with van der Waals surface area (Å²) >= 11 is 6.13. The molecule has 0 fully saturated rings. The Morgan fingerprint density at radius 1 is 1.21 bits per heavy atom. The summed E-state index contributed by atoms with van der Waals surface area (Å²) < 4.78 is 8.14. The van der Waals surface area contributed by atoms with Crippen molar-refractivity contribution >= 4 is 29.2 Å². The molecule has 0 bridgehead atoms. The van der Waals surface area contributed by atoms with E-state index in [1.165, 1.54) is 13.3 Å². The van der Waals surface area contributed by atoms with E-state index < -0.39 is 5.97 Å². The molecule has 0 saturated heterocycles. The van der Waals surface area contributed by atoms with Gasteiger partial charge < -0.3 is 10.1 Å². The number of aromatic nitrogens is 4. The monoisotopic (exact) mass is 415 g/mol. The summed E-state index contributed by atoms with van der Waals surface area (Å²) in [5, 5.41) is 11.8. The van der Waals surface area contributed by atoms with Crippen molar-refractivity contribution in [2.24, 2.45) is 0 Å². The van der Waals surface area contributed by atoms with Crippen LogP contribution in [0.15, 0.2) is 30.5 Å². The third-order valence-electron chi connectivity index (χ3n) is 4.67. The lowest BCUT2D eigenvalue weighted by Gasteiger charge is -2.10. The van der Waals surface area contributed by atoms with Gasteiger partial charge in [0.15, 0.2) is 0 Å². The molecule has 29 heavy (non-hydrogen) atoms. The third-order valence-corrected chi connectivity index (χ3v) is 4.95. The van der Waals surface area contributed by atoms with Gasteiger partial charge in [-0.2, -0.15) is 10.2 Å². The Bertz CT molecular complexity index is 1070. The number of anilines is 1. The molecule has 0 unspecified atom stereocenters. The Balaban J connectivity index is 1.89. The summed E-state index contributed by atoms with van der Waals surface area (Å²) in [6.45, 7) is 6.44. The fourth-order valence-electron chi connectivity index (χ4n) is 3.16. The van der Waals surface area contributed by atoms with Crippen LogP contribution in [-0.4, -0.2) is 38.5 Å². The number of hydrogen-bond donors (Lipinski definition) is 1. The number of hydrogen-bond acceptors (Lipinski definition) is 5. The predicted molar refractivity (Wildman–Crippen MR) is 109 cm³/mol. The van der Waals surface area contributed by atoms with Crippen molar-refractivity contribution in [1.29, 1.82) is 0 Å². The molecule has 0 aliphatic rings. The van der Waals surface area contributed by atoms with Crippen LogP contribution in [0.25, 0.3) is 0 Å². The lowest BCUT2D eigenvalue weighted by molar-refractivity contribution is 0.0599. The van der Waals surface area contributed by atoms with E-state index in [-0.39, 0.29) is 5.91 Å². The molecular weight excluding hydrogens is 394 g/mol. The summed E-state index contributed by atoms with van der Waals surface area (Å²) in [6.07, 6.45) is 1.45. The number of rotatable bonds is 6. The van der Waals surface area contributed by atoms with Crippen molar-refractivity contribution < 1.29 is 14.3 Å². The minimum atomic E-state index is -0.405. The zero-order valence-electron chi connectivity index (χ0n) is 16.7. The van der Waals surface area contributed by atoms with Gasteiger partial charge in [0.1, 0.15) is 5.69 Å². The maximum absolute atomic E-state index is 12.8. The van der Waals surface area contributed by atoms with Crippen molar-refractivity contribution in [3.05, 3.63) is 63.7 Å². The largest absolute Gasteiger partial charge is 0.465 e. The topological polar surface area (TPSA) is 91.0 Å². The van der Waals surface area contributed by atoms with Crippen LogP contribution in [0.2, 0.25) is 5.02 Å². The van der Waals surface area contributed by atoms with E-state index in [4.69, 9.17) is 16.3 Å². The Kier molecular flexibility index (Phi) is 6.03. The van der Waals surface area contributed by atoms with Crippen LogP contribution in [0.3, 0.4) is 0 Å². The van der Waals surface area contributed by atoms with Gasteiger partial charge in [0.2, 0.25) is 0 Å². The van der Waals surface area contributed by atoms with Crippen LogP contribution < -0.4 is 5.32 Å². The number of halogens is 1. The standard InChI is InChI=1S/C20H22ClN5O3/c1-5-25-18(16(21)10-22-25)19(27)23-17-12(2)24-26(13(17)3)11-14-8-6-7-9-15(14)20(28)29-4/h6-10H,5,11H2,1-4H3,(H,23,27). The van der Waals surface area contributed by atoms with E-state index in [1.54, 1.807) is 21.5 Å². The van der Waals surface area contributed by atoms with Crippen LogP contribution in [0, 0.1) is 13.8 Å². The van der Waals surface area contributed by atoms with Crippen LogP contribution in [0.5, 0.6) is 0 Å². The molecule has 2 aromatic heterocycles. The molecule has 1 amide bonds. The van der Waals surface area contributed by atoms with Gasteiger partial charge in [-0.3, -0.25) is 14.2 Å². The molecule has 0 spiro atoms. The molecule has 3 aromatic rings. The summed E-state index contributed by atoms with van der Waals surface area (Å²) in [5.74, 6) is -0.756. The SMILES string of the molecule is CCn1ncc(Cl)c1C(=O)Nc1c(C)nn(Cc2ccccc2C(=O)OC)c1C. The Morgan fingerprint density at radius 2 is 1.93 bits per heavy atom. The lowest BCUT2D eigenvalue weighted by Crippen LogP contribution is -2.18.